The standard InChI is InChI=1S/C17H24N6/c18-8-2-1-7-15-22-14-12-21-13-6-5-10-20-16(13)17(14)23(15)11-4-3-9-19/h5-6,10,12H,1-4,7-9,11,18-19H2. The number of hydrogen-bond donors (Lipinski definition) is 2. The smallest absolute Gasteiger partial charge is 0.115 e. The van der Waals surface area contributed by atoms with E-state index in [1.165, 1.54) is 0 Å². The summed E-state index contributed by atoms with van der Waals surface area (Å²) in [6.45, 7) is 2.36. The molecule has 0 bridgehead atoms. The Hall–Kier alpha value is -2.05. The minimum atomic E-state index is 0.718. The van der Waals surface area contributed by atoms with Gasteiger partial charge in [0.1, 0.15) is 16.9 Å². The Labute approximate surface area is 135 Å². The molecule has 0 aromatic carbocycles. The lowest BCUT2D eigenvalue weighted by Crippen LogP contribution is -2.08. The zero-order valence-electron chi connectivity index (χ0n) is 13.4. The lowest BCUT2D eigenvalue weighted by atomic mass is 10.2. The second-order valence-electron chi connectivity index (χ2n) is 5.78. The number of nitrogens with zero attached hydrogens (tertiary/aromatic N) is 4. The molecule has 3 aromatic rings. The van der Waals surface area contributed by atoms with E-state index in [4.69, 9.17) is 16.5 Å². The van der Waals surface area contributed by atoms with Gasteiger partial charge in [0.25, 0.3) is 0 Å². The SMILES string of the molecule is NCCCCc1nc2cnc3cccnc3c2n1CCCCN. The Morgan fingerprint density at radius 1 is 0.957 bits per heavy atom. The van der Waals surface area contributed by atoms with Crippen molar-refractivity contribution < 1.29 is 0 Å². The van der Waals surface area contributed by atoms with Gasteiger partial charge in [-0.2, -0.15) is 0 Å². The van der Waals surface area contributed by atoms with Gasteiger partial charge in [0, 0.05) is 19.2 Å². The molecule has 0 saturated heterocycles. The van der Waals surface area contributed by atoms with Crippen LogP contribution in [0, 0.1) is 0 Å². The molecule has 0 fully saturated rings. The van der Waals surface area contributed by atoms with Gasteiger partial charge in [0.05, 0.1) is 17.2 Å². The van der Waals surface area contributed by atoms with Crippen LogP contribution in [0.15, 0.2) is 24.5 Å². The van der Waals surface area contributed by atoms with E-state index in [9.17, 15) is 0 Å². The summed E-state index contributed by atoms with van der Waals surface area (Å²) in [6.07, 6.45) is 8.72. The molecular weight excluding hydrogens is 288 g/mol. The number of imidazole rings is 1. The molecule has 0 unspecified atom stereocenters. The van der Waals surface area contributed by atoms with Crippen LogP contribution in [-0.2, 0) is 13.0 Å². The fourth-order valence-corrected chi connectivity index (χ4v) is 2.95. The van der Waals surface area contributed by atoms with Gasteiger partial charge < -0.3 is 16.0 Å². The Balaban J connectivity index is 2.06. The molecule has 0 spiro atoms. The van der Waals surface area contributed by atoms with Crippen LogP contribution in [0.4, 0.5) is 0 Å². The predicted octanol–water partition coefficient (Wildman–Crippen LogP) is 2.00. The summed E-state index contributed by atoms with van der Waals surface area (Å²) in [5.41, 5.74) is 15.1. The maximum atomic E-state index is 5.65. The third-order valence-electron chi connectivity index (χ3n) is 4.10. The number of nitrogens with two attached hydrogens (primary N) is 2. The predicted molar refractivity (Wildman–Crippen MR) is 93.1 cm³/mol. The second kappa shape index (κ2) is 7.48. The first-order valence-electron chi connectivity index (χ1n) is 8.34. The van der Waals surface area contributed by atoms with Crippen LogP contribution in [0.25, 0.3) is 22.1 Å². The van der Waals surface area contributed by atoms with Crippen molar-refractivity contribution in [1.29, 1.82) is 0 Å². The van der Waals surface area contributed by atoms with Gasteiger partial charge in [-0.1, -0.05) is 0 Å². The lowest BCUT2D eigenvalue weighted by molar-refractivity contribution is 0.590. The number of aryl methyl sites for hydroxylation is 2. The average molecular weight is 312 g/mol. The molecule has 3 rings (SSSR count). The van der Waals surface area contributed by atoms with E-state index in [2.05, 4.69) is 14.5 Å². The molecule has 6 nitrogen and oxygen atoms in total. The van der Waals surface area contributed by atoms with Crippen molar-refractivity contribution >= 4 is 22.1 Å². The highest BCUT2D eigenvalue weighted by molar-refractivity contribution is 5.99. The Morgan fingerprint density at radius 2 is 1.78 bits per heavy atom. The van der Waals surface area contributed by atoms with Crippen LogP contribution in [0.2, 0.25) is 0 Å². The number of unbranched alkanes of at least 4 members (excludes halogenated alkanes) is 2. The quantitative estimate of drug-likeness (QED) is 0.620. The van der Waals surface area contributed by atoms with E-state index in [1.807, 2.05) is 24.5 Å². The molecule has 23 heavy (non-hydrogen) atoms. The Bertz CT molecular complexity index is 779. The van der Waals surface area contributed by atoms with Gasteiger partial charge in [-0.3, -0.25) is 9.97 Å². The molecule has 0 aliphatic carbocycles. The van der Waals surface area contributed by atoms with Gasteiger partial charge in [-0.05, 0) is 50.9 Å². The molecule has 0 saturated carbocycles. The number of fused-ring (bicyclic) bond motifs is 3. The third-order valence-corrected chi connectivity index (χ3v) is 4.10. The summed E-state index contributed by atoms with van der Waals surface area (Å²) in [6, 6.07) is 3.91. The fraction of sp³-hybridized carbons (Fsp3) is 0.471. The summed E-state index contributed by atoms with van der Waals surface area (Å²) in [5, 5.41) is 0. The highest BCUT2D eigenvalue weighted by Gasteiger charge is 2.14. The Kier molecular flexibility index (Phi) is 5.15. The van der Waals surface area contributed by atoms with Crippen molar-refractivity contribution in [3.8, 4) is 0 Å². The summed E-state index contributed by atoms with van der Waals surface area (Å²) in [5.74, 6) is 1.10. The van der Waals surface area contributed by atoms with Crippen molar-refractivity contribution in [1.82, 2.24) is 19.5 Å². The first kappa shape index (κ1) is 15.8. The number of rotatable bonds is 8. The number of hydrogen-bond acceptors (Lipinski definition) is 5. The minimum Gasteiger partial charge on any atom is -0.330 e. The first-order valence-corrected chi connectivity index (χ1v) is 8.34. The fourth-order valence-electron chi connectivity index (χ4n) is 2.95. The lowest BCUT2D eigenvalue weighted by Gasteiger charge is -2.09. The minimum absolute atomic E-state index is 0.718. The molecule has 3 aromatic heterocycles. The summed E-state index contributed by atoms with van der Waals surface area (Å²) < 4.78 is 2.30. The van der Waals surface area contributed by atoms with Crippen LogP contribution in [0.5, 0.6) is 0 Å². The molecule has 0 atom stereocenters. The summed E-state index contributed by atoms with van der Waals surface area (Å²) in [4.78, 5) is 13.8. The molecule has 6 heteroatoms. The van der Waals surface area contributed by atoms with Crippen molar-refractivity contribution in [3.63, 3.8) is 0 Å². The first-order chi connectivity index (χ1) is 11.3. The van der Waals surface area contributed by atoms with Crippen molar-refractivity contribution in [2.24, 2.45) is 11.5 Å². The third kappa shape index (κ3) is 3.33. The van der Waals surface area contributed by atoms with Crippen molar-refractivity contribution in [3.05, 3.63) is 30.4 Å². The maximum Gasteiger partial charge on any atom is 0.115 e. The molecule has 3 heterocycles. The van der Waals surface area contributed by atoms with Crippen molar-refractivity contribution in [2.45, 2.75) is 38.6 Å². The highest BCUT2D eigenvalue weighted by atomic mass is 15.1. The van der Waals surface area contributed by atoms with Gasteiger partial charge >= 0.3 is 0 Å². The zero-order valence-corrected chi connectivity index (χ0v) is 13.4. The van der Waals surface area contributed by atoms with E-state index in [-0.39, 0.29) is 0 Å². The van der Waals surface area contributed by atoms with Gasteiger partial charge in [-0.15, -0.1) is 0 Å². The molecular formula is C17H24N6. The van der Waals surface area contributed by atoms with Crippen LogP contribution in [-0.4, -0.2) is 32.6 Å². The van der Waals surface area contributed by atoms with E-state index in [0.717, 1.165) is 79.6 Å². The monoisotopic (exact) mass is 312 g/mol. The van der Waals surface area contributed by atoms with Gasteiger partial charge in [-0.25, -0.2) is 4.98 Å². The highest BCUT2D eigenvalue weighted by Crippen LogP contribution is 2.24. The summed E-state index contributed by atoms with van der Waals surface area (Å²) in [7, 11) is 0. The second-order valence-corrected chi connectivity index (χ2v) is 5.78. The van der Waals surface area contributed by atoms with E-state index in [0.29, 0.717) is 0 Å². The molecule has 0 amide bonds. The van der Waals surface area contributed by atoms with Gasteiger partial charge in [0.15, 0.2) is 0 Å². The molecule has 0 aliphatic rings. The van der Waals surface area contributed by atoms with Crippen LogP contribution in [0.1, 0.15) is 31.5 Å². The maximum absolute atomic E-state index is 5.65. The Morgan fingerprint density at radius 3 is 2.61 bits per heavy atom. The van der Waals surface area contributed by atoms with E-state index >= 15 is 0 Å². The molecule has 4 N–H and O–H groups in total. The zero-order chi connectivity index (χ0) is 16.1. The van der Waals surface area contributed by atoms with Gasteiger partial charge in [0.2, 0.25) is 0 Å². The van der Waals surface area contributed by atoms with E-state index < -0.39 is 0 Å². The van der Waals surface area contributed by atoms with Crippen LogP contribution < -0.4 is 11.5 Å². The van der Waals surface area contributed by atoms with E-state index in [1.54, 1.807) is 0 Å². The molecule has 122 valence electrons. The largest absolute Gasteiger partial charge is 0.330 e. The van der Waals surface area contributed by atoms with Crippen LogP contribution >= 0.6 is 0 Å². The number of aromatic nitrogens is 4. The molecule has 0 aliphatic heterocycles. The van der Waals surface area contributed by atoms with Crippen LogP contribution in [0.3, 0.4) is 0 Å². The summed E-state index contributed by atoms with van der Waals surface area (Å²) >= 11 is 0. The topological polar surface area (TPSA) is 95.6 Å². The average Bonchev–Trinajstić information content (AvgIpc) is 2.94. The molecule has 0 radical (unpaired) electrons. The normalized spacial score (nSPS) is 11.6. The number of pyridine rings is 2. The van der Waals surface area contributed by atoms with Crippen molar-refractivity contribution in [2.75, 3.05) is 13.1 Å².